The highest BCUT2D eigenvalue weighted by molar-refractivity contribution is 7.71. The van der Waals surface area contributed by atoms with Crippen LogP contribution in [0, 0.1) is 4.77 Å². The summed E-state index contributed by atoms with van der Waals surface area (Å²) in [6.45, 7) is 8.45. The van der Waals surface area contributed by atoms with Crippen molar-refractivity contribution < 1.29 is 4.74 Å². The molecule has 0 atom stereocenters. The number of ether oxygens (including phenoxy) is 1. The zero-order chi connectivity index (χ0) is 16.2. The largest absolute Gasteiger partial charge is 0.492 e. The van der Waals surface area contributed by atoms with E-state index in [1.165, 1.54) is 0 Å². The second-order valence-corrected chi connectivity index (χ2v) is 6.78. The van der Waals surface area contributed by atoms with Crippen molar-refractivity contribution in [3.8, 4) is 5.75 Å². The molecule has 0 aliphatic rings. The van der Waals surface area contributed by atoms with Crippen LogP contribution in [0.3, 0.4) is 0 Å². The van der Waals surface area contributed by atoms with Gasteiger partial charge in [-0.1, -0.05) is 39.0 Å². The SMILES string of the molecule is CN(CCOc1ccccc1)Cn1[nH]c(C(C)(C)C)nc1=S. The Bertz CT molecular complexity index is 642. The lowest BCUT2D eigenvalue weighted by Crippen LogP contribution is -2.27. The molecule has 2 rings (SSSR count). The first-order valence-corrected chi connectivity index (χ1v) is 7.81. The predicted molar refractivity (Wildman–Crippen MR) is 90.7 cm³/mol. The molecule has 0 saturated heterocycles. The molecule has 1 N–H and O–H groups in total. The summed E-state index contributed by atoms with van der Waals surface area (Å²) in [5.41, 5.74) is -0.0339. The fourth-order valence-electron chi connectivity index (χ4n) is 1.94. The van der Waals surface area contributed by atoms with E-state index in [0.717, 1.165) is 18.1 Å². The lowest BCUT2D eigenvalue weighted by Gasteiger charge is -2.18. The molecule has 6 heteroatoms. The average molecular weight is 320 g/mol. The third-order valence-electron chi connectivity index (χ3n) is 3.26. The van der Waals surface area contributed by atoms with Crippen molar-refractivity contribution in [2.24, 2.45) is 0 Å². The molecule has 0 spiro atoms. The first kappa shape index (κ1) is 16.7. The van der Waals surface area contributed by atoms with E-state index in [4.69, 9.17) is 17.0 Å². The van der Waals surface area contributed by atoms with E-state index in [0.29, 0.717) is 18.0 Å². The molecule has 5 nitrogen and oxygen atoms in total. The Morgan fingerprint density at radius 2 is 1.95 bits per heavy atom. The number of hydrogen-bond acceptors (Lipinski definition) is 4. The van der Waals surface area contributed by atoms with Crippen LogP contribution in [0.4, 0.5) is 0 Å². The van der Waals surface area contributed by atoms with Crippen molar-refractivity contribution in [3.05, 3.63) is 40.9 Å². The first-order valence-electron chi connectivity index (χ1n) is 7.40. The van der Waals surface area contributed by atoms with Gasteiger partial charge in [0.25, 0.3) is 0 Å². The van der Waals surface area contributed by atoms with Gasteiger partial charge < -0.3 is 4.74 Å². The molecule has 0 fully saturated rings. The lowest BCUT2D eigenvalue weighted by atomic mass is 9.96. The summed E-state index contributed by atoms with van der Waals surface area (Å²) < 4.78 is 8.17. The van der Waals surface area contributed by atoms with Gasteiger partial charge in [0.15, 0.2) is 0 Å². The van der Waals surface area contributed by atoms with Crippen LogP contribution in [0.2, 0.25) is 0 Å². The Morgan fingerprint density at radius 3 is 2.55 bits per heavy atom. The summed E-state index contributed by atoms with van der Waals surface area (Å²) in [6.07, 6.45) is 0. The van der Waals surface area contributed by atoms with E-state index >= 15 is 0 Å². The van der Waals surface area contributed by atoms with Gasteiger partial charge in [0, 0.05) is 12.0 Å². The van der Waals surface area contributed by atoms with Crippen LogP contribution in [-0.2, 0) is 12.1 Å². The van der Waals surface area contributed by atoms with Crippen LogP contribution in [0.1, 0.15) is 26.6 Å². The van der Waals surface area contributed by atoms with Crippen LogP contribution in [-0.4, -0.2) is 39.9 Å². The molecule has 0 saturated carbocycles. The Hall–Kier alpha value is -1.66. The summed E-state index contributed by atoms with van der Waals surface area (Å²) >= 11 is 5.31. The topological polar surface area (TPSA) is 46.1 Å². The van der Waals surface area contributed by atoms with E-state index < -0.39 is 0 Å². The number of benzene rings is 1. The zero-order valence-corrected chi connectivity index (χ0v) is 14.5. The smallest absolute Gasteiger partial charge is 0.217 e. The highest BCUT2D eigenvalue weighted by Gasteiger charge is 2.18. The number of hydrogen-bond donors (Lipinski definition) is 1. The highest BCUT2D eigenvalue weighted by atomic mass is 32.1. The van der Waals surface area contributed by atoms with Crippen molar-refractivity contribution in [3.63, 3.8) is 0 Å². The molecule has 0 amide bonds. The Morgan fingerprint density at radius 1 is 1.27 bits per heavy atom. The molecule has 0 aliphatic carbocycles. The minimum absolute atomic E-state index is 0.0339. The molecule has 1 heterocycles. The maximum absolute atomic E-state index is 5.70. The van der Waals surface area contributed by atoms with Gasteiger partial charge in [0.2, 0.25) is 4.77 Å². The molecule has 22 heavy (non-hydrogen) atoms. The summed E-state index contributed by atoms with van der Waals surface area (Å²) in [4.78, 5) is 6.57. The van der Waals surface area contributed by atoms with Crippen molar-refractivity contribution in [2.45, 2.75) is 32.9 Å². The van der Waals surface area contributed by atoms with Crippen LogP contribution < -0.4 is 4.74 Å². The van der Waals surface area contributed by atoms with Gasteiger partial charge in [-0.15, -0.1) is 0 Å². The van der Waals surface area contributed by atoms with Crippen LogP contribution in [0.5, 0.6) is 5.75 Å². The molecular weight excluding hydrogens is 296 g/mol. The molecule has 0 radical (unpaired) electrons. The van der Waals surface area contributed by atoms with Gasteiger partial charge in [0.05, 0.1) is 6.67 Å². The Labute approximate surface area is 136 Å². The number of H-pyrrole nitrogens is 1. The van der Waals surface area contributed by atoms with Crippen molar-refractivity contribution in [1.82, 2.24) is 19.7 Å². The molecule has 1 aromatic heterocycles. The van der Waals surface area contributed by atoms with Crippen molar-refractivity contribution in [2.75, 3.05) is 20.2 Å². The minimum atomic E-state index is -0.0339. The molecule has 2 aromatic rings. The Kier molecular flexibility index (Phi) is 5.37. The quantitative estimate of drug-likeness (QED) is 0.830. The van der Waals surface area contributed by atoms with Gasteiger partial charge in [-0.25, -0.2) is 9.67 Å². The average Bonchev–Trinajstić information content (AvgIpc) is 2.81. The van der Waals surface area contributed by atoms with Gasteiger partial charge in [-0.3, -0.25) is 10.00 Å². The molecule has 0 bridgehead atoms. The molecule has 120 valence electrons. The number of rotatable bonds is 6. The Balaban J connectivity index is 1.86. The number of nitrogens with zero attached hydrogens (tertiary/aromatic N) is 3. The van der Waals surface area contributed by atoms with Crippen molar-refractivity contribution in [1.29, 1.82) is 0 Å². The fraction of sp³-hybridized carbons (Fsp3) is 0.500. The number of para-hydroxylation sites is 1. The summed E-state index contributed by atoms with van der Waals surface area (Å²) in [6, 6.07) is 9.83. The maximum atomic E-state index is 5.70. The molecule has 1 aromatic carbocycles. The first-order chi connectivity index (χ1) is 10.4. The zero-order valence-electron chi connectivity index (χ0n) is 13.7. The van der Waals surface area contributed by atoms with E-state index in [-0.39, 0.29) is 5.41 Å². The fourth-order valence-corrected chi connectivity index (χ4v) is 2.13. The summed E-state index contributed by atoms with van der Waals surface area (Å²) in [5.74, 6) is 1.80. The number of nitrogens with one attached hydrogen (secondary N) is 1. The lowest BCUT2D eigenvalue weighted by molar-refractivity contribution is 0.197. The van der Waals surface area contributed by atoms with Gasteiger partial charge in [-0.05, 0) is 31.4 Å². The second kappa shape index (κ2) is 7.07. The van der Waals surface area contributed by atoms with Crippen LogP contribution >= 0.6 is 12.2 Å². The van der Waals surface area contributed by atoms with Crippen LogP contribution in [0.15, 0.2) is 30.3 Å². The third-order valence-corrected chi connectivity index (χ3v) is 3.57. The monoisotopic (exact) mass is 320 g/mol. The minimum Gasteiger partial charge on any atom is -0.492 e. The van der Waals surface area contributed by atoms with Gasteiger partial charge in [-0.2, -0.15) is 0 Å². The van der Waals surface area contributed by atoms with E-state index in [2.05, 4.69) is 35.8 Å². The normalized spacial score (nSPS) is 11.9. The van der Waals surface area contributed by atoms with E-state index in [1.807, 2.05) is 42.1 Å². The van der Waals surface area contributed by atoms with E-state index in [9.17, 15) is 0 Å². The molecule has 0 unspecified atom stereocenters. The predicted octanol–water partition coefficient (Wildman–Crippen LogP) is 3.21. The molecule has 0 aliphatic heterocycles. The maximum Gasteiger partial charge on any atom is 0.217 e. The third kappa shape index (κ3) is 4.68. The summed E-state index contributed by atoms with van der Waals surface area (Å²) in [7, 11) is 2.04. The second-order valence-electron chi connectivity index (χ2n) is 6.42. The van der Waals surface area contributed by atoms with Gasteiger partial charge in [0.1, 0.15) is 18.2 Å². The highest BCUT2D eigenvalue weighted by Crippen LogP contribution is 2.17. The van der Waals surface area contributed by atoms with Gasteiger partial charge >= 0.3 is 0 Å². The number of likely N-dealkylation sites (N-methyl/N-ethyl adjacent to an activating group) is 1. The number of aromatic amines is 1. The molecular formula is C16H24N4OS. The van der Waals surface area contributed by atoms with Crippen LogP contribution in [0.25, 0.3) is 0 Å². The standard InChI is InChI=1S/C16H24N4OS/c1-16(2,3)14-17-15(22)20(18-14)12-19(4)10-11-21-13-8-6-5-7-9-13/h5-9H,10-12H2,1-4H3,(H,17,18,22). The van der Waals surface area contributed by atoms with E-state index in [1.54, 1.807) is 0 Å². The number of aromatic nitrogens is 3. The summed E-state index contributed by atoms with van der Waals surface area (Å²) in [5, 5.41) is 3.28. The van der Waals surface area contributed by atoms with Crippen molar-refractivity contribution >= 4 is 12.2 Å².